The molecule has 5 rings (SSSR count). The Morgan fingerprint density at radius 1 is 0.900 bits per heavy atom. The van der Waals surface area contributed by atoms with Gasteiger partial charge in [0.15, 0.2) is 5.78 Å². The second-order valence-electron chi connectivity index (χ2n) is 8.82. The average molecular weight is 406 g/mol. The molecule has 158 valence electrons. The number of hydrogen-bond acceptors (Lipinski definition) is 6. The molecule has 2 aromatic rings. The number of rotatable bonds is 4. The Morgan fingerprint density at radius 3 is 2.30 bits per heavy atom. The summed E-state index contributed by atoms with van der Waals surface area (Å²) in [7, 11) is 0. The van der Waals surface area contributed by atoms with Crippen molar-refractivity contribution in [1.29, 1.82) is 0 Å². The van der Waals surface area contributed by atoms with Gasteiger partial charge in [0.2, 0.25) is 0 Å². The first-order chi connectivity index (χ1) is 14.7. The van der Waals surface area contributed by atoms with Gasteiger partial charge in [0.25, 0.3) is 0 Å². The van der Waals surface area contributed by atoms with E-state index in [2.05, 4.69) is 31.8 Å². The number of fused-ring (bicyclic) bond motifs is 1. The summed E-state index contributed by atoms with van der Waals surface area (Å²) in [5.74, 6) is 1.27. The summed E-state index contributed by atoms with van der Waals surface area (Å²) in [6.07, 6.45) is 7.81. The lowest BCUT2D eigenvalue weighted by atomic mass is 9.91. The lowest BCUT2D eigenvalue weighted by Crippen LogP contribution is -2.52. The summed E-state index contributed by atoms with van der Waals surface area (Å²) in [4.78, 5) is 28.5. The second kappa shape index (κ2) is 8.34. The molecule has 0 bridgehead atoms. The van der Waals surface area contributed by atoms with E-state index in [1.54, 1.807) is 13.3 Å². The number of anilines is 2. The Hall–Kier alpha value is -2.47. The monoisotopic (exact) mass is 405 g/mol. The molecular formula is C24H31N5O. The maximum Gasteiger partial charge on any atom is 0.159 e. The smallest absolute Gasteiger partial charge is 0.159 e. The fraction of sp³-hybridized carbons (Fsp3) is 0.542. The molecule has 6 nitrogen and oxygen atoms in total. The highest BCUT2D eigenvalue weighted by molar-refractivity contribution is 5.94. The zero-order valence-electron chi connectivity index (χ0n) is 17.9. The molecule has 6 heteroatoms. The van der Waals surface area contributed by atoms with Crippen LogP contribution in [0.25, 0.3) is 0 Å². The van der Waals surface area contributed by atoms with E-state index in [9.17, 15) is 4.79 Å². The van der Waals surface area contributed by atoms with Crippen LogP contribution >= 0.6 is 0 Å². The van der Waals surface area contributed by atoms with E-state index in [0.717, 1.165) is 69.5 Å². The second-order valence-corrected chi connectivity index (χ2v) is 8.82. The third-order valence-corrected chi connectivity index (χ3v) is 7.11. The molecule has 1 saturated heterocycles. The summed E-state index contributed by atoms with van der Waals surface area (Å²) >= 11 is 0. The molecule has 1 aromatic heterocycles. The van der Waals surface area contributed by atoms with Gasteiger partial charge in [0.05, 0.1) is 5.69 Å². The normalized spacial score (nSPS) is 20.4. The number of hydrogen-bond donors (Lipinski definition) is 0. The van der Waals surface area contributed by atoms with Crippen molar-refractivity contribution in [3.63, 3.8) is 0 Å². The molecule has 2 aliphatic heterocycles. The molecule has 1 aliphatic carbocycles. The van der Waals surface area contributed by atoms with Crippen LogP contribution < -0.4 is 9.80 Å². The number of aromatic nitrogens is 2. The molecule has 3 aliphatic rings. The van der Waals surface area contributed by atoms with Crippen molar-refractivity contribution in [1.82, 2.24) is 14.9 Å². The largest absolute Gasteiger partial charge is 0.371 e. The fourth-order valence-electron chi connectivity index (χ4n) is 5.00. The fourth-order valence-corrected chi connectivity index (χ4v) is 5.00. The predicted octanol–water partition coefficient (Wildman–Crippen LogP) is 2.96. The van der Waals surface area contributed by atoms with Crippen LogP contribution in [0.1, 0.15) is 47.8 Å². The summed E-state index contributed by atoms with van der Waals surface area (Å²) in [5, 5.41) is 0. The first kappa shape index (κ1) is 19.5. The minimum atomic E-state index is 0.113. The molecule has 30 heavy (non-hydrogen) atoms. The van der Waals surface area contributed by atoms with E-state index in [0.29, 0.717) is 0 Å². The summed E-state index contributed by atoms with van der Waals surface area (Å²) < 4.78 is 0. The molecule has 3 heterocycles. The Labute approximate surface area is 178 Å². The van der Waals surface area contributed by atoms with Gasteiger partial charge in [0, 0.05) is 68.5 Å². The Balaban J connectivity index is 1.29. The number of ketones is 1. The SMILES string of the molecule is CC(=O)c1ccc(N2CCc3ncnc(N4CCN(C5CCC5)CC4)c3CC2)cc1. The highest BCUT2D eigenvalue weighted by atomic mass is 16.1. The van der Waals surface area contributed by atoms with Gasteiger partial charge in [-0.2, -0.15) is 0 Å². The maximum atomic E-state index is 11.6. The first-order valence-electron chi connectivity index (χ1n) is 11.4. The molecule has 0 radical (unpaired) electrons. The van der Waals surface area contributed by atoms with E-state index < -0.39 is 0 Å². The van der Waals surface area contributed by atoms with Gasteiger partial charge in [-0.05, 0) is 50.5 Å². The zero-order chi connectivity index (χ0) is 20.5. The lowest BCUT2D eigenvalue weighted by molar-refractivity contribution is 0.101. The van der Waals surface area contributed by atoms with Crippen LogP contribution in [-0.2, 0) is 12.8 Å². The van der Waals surface area contributed by atoms with Crippen molar-refractivity contribution in [2.45, 2.75) is 45.1 Å². The number of Topliss-reactive ketones (excluding diaryl/α,β-unsaturated/α-hetero) is 1. The number of benzene rings is 1. The summed E-state index contributed by atoms with van der Waals surface area (Å²) in [5.41, 5.74) is 4.48. The van der Waals surface area contributed by atoms with Crippen molar-refractivity contribution >= 4 is 17.3 Å². The number of nitrogens with zero attached hydrogens (tertiary/aromatic N) is 5. The lowest BCUT2D eigenvalue weighted by Gasteiger charge is -2.43. The number of piperazine rings is 1. The van der Waals surface area contributed by atoms with Crippen molar-refractivity contribution in [3.05, 3.63) is 47.4 Å². The minimum absolute atomic E-state index is 0.113. The summed E-state index contributed by atoms with van der Waals surface area (Å²) in [6, 6.07) is 8.83. The van der Waals surface area contributed by atoms with Gasteiger partial charge >= 0.3 is 0 Å². The minimum Gasteiger partial charge on any atom is -0.371 e. The zero-order valence-corrected chi connectivity index (χ0v) is 17.9. The highest BCUT2D eigenvalue weighted by Crippen LogP contribution is 2.29. The molecule has 0 N–H and O–H groups in total. The van der Waals surface area contributed by atoms with Crippen LogP contribution in [0.2, 0.25) is 0 Å². The molecule has 0 spiro atoms. The molecule has 0 unspecified atom stereocenters. The number of carbonyl (C=O) groups is 1. The van der Waals surface area contributed by atoms with Gasteiger partial charge in [0.1, 0.15) is 12.1 Å². The highest BCUT2D eigenvalue weighted by Gasteiger charge is 2.29. The van der Waals surface area contributed by atoms with Crippen LogP contribution in [0.4, 0.5) is 11.5 Å². The van der Waals surface area contributed by atoms with E-state index >= 15 is 0 Å². The van der Waals surface area contributed by atoms with Gasteiger partial charge in [-0.25, -0.2) is 9.97 Å². The van der Waals surface area contributed by atoms with Crippen LogP contribution in [-0.4, -0.2) is 66.0 Å². The molecule has 0 atom stereocenters. The third-order valence-electron chi connectivity index (χ3n) is 7.11. The topological polar surface area (TPSA) is 52.6 Å². The van der Waals surface area contributed by atoms with Crippen LogP contribution in [0.3, 0.4) is 0 Å². The molecule has 0 amide bonds. The van der Waals surface area contributed by atoms with E-state index in [1.165, 1.54) is 36.2 Å². The van der Waals surface area contributed by atoms with Crippen molar-refractivity contribution in [2.24, 2.45) is 0 Å². The summed E-state index contributed by atoms with van der Waals surface area (Å²) in [6.45, 7) is 7.94. The van der Waals surface area contributed by atoms with Crippen LogP contribution in [0.5, 0.6) is 0 Å². The average Bonchev–Trinajstić information content (AvgIpc) is 2.96. The Kier molecular flexibility index (Phi) is 5.42. The molecule has 1 aromatic carbocycles. The van der Waals surface area contributed by atoms with Crippen LogP contribution in [0.15, 0.2) is 30.6 Å². The van der Waals surface area contributed by atoms with Crippen molar-refractivity contribution in [3.8, 4) is 0 Å². The Morgan fingerprint density at radius 2 is 1.63 bits per heavy atom. The van der Waals surface area contributed by atoms with Crippen LogP contribution in [0, 0.1) is 0 Å². The van der Waals surface area contributed by atoms with Crippen molar-refractivity contribution < 1.29 is 4.79 Å². The van der Waals surface area contributed by atoms with E-state index in [4.69, 9.17) is 4.98 Å². The predicted molar refractivity (Wildman–Crippen MR) is 120 cm³/mol. The van der Waals surface area contributed by atoms with E-state index in [-0.39, 0.29) is 5.78 Å². The molecule has 2 fully saturated rings. The Bertz CT molecular complexity index is 900. The number of carbonyl (C=O) groups excluding carboxylic acids is 1. The van der Waals surface area contributed by atoms with Gasteiger partial charge in [-0.3, -0.25) is 9.69 Å². The standard InChI is InChI=1S/C24H31N5O/c1-18(30)19-5-7-21(8-6-19)27-11-9-22-23(10-12-27)25-17-26-24(22)29-15-13-28(14-16-29)20-3-2-4-20/h5-8,17,20H,2-4,9-16H2,1H3. The van der Waals surface area contributed by atoms with Gasteiger partial charge < -0.3 is 9.80 Å². The third kappa shape index (κ3) is 3.81. The quantitative estimate of drug-likeness (QED) is 0.729. The van der Waals surface area contributed by atoms with Crippen molar-refractivity contribution in [2.75, 3.05) is 49.1 Å². The maximum absolute atomic E-state index is 11.6. The van der Waals surface area contributed by atoms with Gasteiger partial charge in [-0.1, -0.05) is 6.42 Å². The molecule has 1 saturated carbocycles. The van der Waals surface area contributed by atoms with Gasteiger partial charge in [-0.15, -0.1) is 0 Å². The molecular weight excluding hydrogens is 374 g/mol. The van der Waals surface area contributed by atoms with E-state index in [1.807, 2.05) is 12.1 Å². The first-order valence-corrected chi connectivity index (χ1v) is 11.4.